The van der Waals surface area contributed by atoms with E-state index >= 15 is 9.13 Å². The van der Waals surface area contributed by atoms with Gasteiger partial charge in [-0.15, -0.1) is 0 Å². The van der Waals surface area contributed by atoms with Gasteiger partial charge in [-0.05, 0) is 66.7 Å². The molecule has 0 amide bonds. The summed E-state index contributed by atoms with van der Waals surface area (Å²) in [6, 6.07) is 77.6. The lowest BCUT2D eigenvalue weighted by molar-refractivity contribution is 0.591. The van der Waals surface area contributed by atoms with Gasteiger partial charge in [0.1, 0.15) is 0 Å². The van der Waals surface area contributed by atoms with Crippen molar-refractivity contribution in [2.24, 2.45) is 0 Å². The molecule has 0 saturated heterocycles. The fourth-order valence-electron chi connectivity index (χ4n) is 9.12. The highest BCUT2D eigenvalue weighted by Crippen LogP contribution is 2.46. The molecule has 11 rings (SSSR count). The molecular formula is C54H38N2O2P2. The highest BCUT2D eigenvalue weighted by atomic mass is 31.2. The molecule has 0 aliphatic carbocycles. The minimum Gasteiger partial charge on any atom is -0.309 e. The quantitative estimate of drug-likeness (QED) is 0.144. The molecule has 2 aromatic heterocycles. The highest BCUT2D eigenvalue weighted by molar-refractivity contribution is 7.85. The highest BCUT2D eigenvalue weighted by Gasteiger charge is 2.31. The Hall–Kier alpha value is -6.96. The molecule has 0 N–H and O–H groups in total. The zero-order valence-corrected chi connectivity index (χ0v) is 34.3. The minimum absolute atomic E-state index is 0.790. The van der Waals surface area contributed by atoms with Crippen LogP contribution in [0.25, 0.3) is 55.0 Å². The zero-order chi connectivity index (χ0) is 40.3. The molecule has 11 aromatic rings. The lowest BCUT2D eigenvalue weighted by Crippen LogP contribution is -2.24. The summed E-state index contributed by atoms with van der Waals surface area (Å²) >= 11 is 0. The van der Waals surface area contributed by atoms with Gasteiger partial charge in [0.05, 0.1) is 22.1 Å². The van der Waals surface area contributed by atoms with Gasteiger partial charge in [-0.25, -0.2) is 0 Å². The number of nitrogens with zero attached hydrogens (tertiary/aromatic N) is 2. The molecule has 2 heterocycles. The molecule has 0 bridgehead atoms. The van der Waals surface area contributed by atoms with Crippen molar-refractivity contribution in [1.82, 2.24) is 9.13 Å². The van der Waals surface area contributed by atoms with Gasteiger partial charge in [-0.3, -0.25) is 0 Å². The van der Waals surface area contributed by atoms with Crippen LogP contribution >= 0.6 is 14.3 Å². The van der Waals surface area contributed by atoms with Crippen molar-refractivity contribution >= 4 is 89.7 Å². The van der Waals surface area contributed by atoms with E-state index in [0.717, 1.165) is 86.8 Å². The number of aromatic nitrogens is 2. The van der Waals surface area contributed by atoms with Crippen molar-refractivity contribution in [3.63, 3.8) is 0 Å². The van der Waals surface area contributed by atoms with Gasteiger partial charge in [0, 0.05) is 64.7 Å². The predicted molar refractivity (Wildman–Crippen MR) is 254 cm³/mol. The third-order valence-electron chi connectivity index (χ3n) is 11.9. The fraction of sp³-hybridized carbons (Fsp3) is 0. The second-order valence-corrected chi connectivity index (χ2v) is 20.7. The van der Waals surface area contributed by atoms with Crippen LogP contribution < -0.4 is 31.8 Å². The summed E-state index contributed by atoms with van der Waals surface area (Å²) in [7, 11) is -6.29. The molecule has 0 saturated carbocycles. The summed E-state index contributed by atoms with van der Waals surface area (Å²) in [6.45, 7) is 0. The summed E-state index contributed by atoms with van der Waals surface area (Å²) in [4.78, 5) is 0. The van der Waals surface area contributed by atoms with Crippen LogP contribution in [-0.2, 0) is 9.13 Å². The Kier molecular flexibility index (Phi) is 8.67. The molecule has 0 unspecified atom stereocenters. The van der Waals surface area contributed by atoms with E-state index in [1.54, 1.807) is 0 Å². The van der Waals surface area contributed by atoms with Crippen LogP contribution in [0, 0.1) is 0 Å². The van der Waals surface area contributed by atoms with Crippen molar-refractivity contribution in [1.29, 1.82) is 0 Å². The molecule has 6 heteroatoms. The van der Waals surface area contributed by atoms with E-state index in [1.807, 2.05) is 146 Å². The van der Waals surface area contributed by atoms with Crippen LogP contribution in [0.3, 0.4) is 0 Å². The second kappa shape index (κ2) is 14.4. The Bertz CT molecular complexity index is 3360. The Morgan fingerprint density at radius 2 is 0.617 bits per heavy atom. The SMILES string of the molecule is O=P(c1ccccc1)(c1ccccc1)c1ccc(-n2c3ccccc3c3c2ccc2c4ccccc4n(-c4ccc(P(=O)(c5ccccc5)c5ccccc5)cc4)c23)cc1. The summed E-state index contributed by atoms with van der Waals surface area (Å²) < 4.78 is 35.2. The van der Waals surface area contributed by atoms with E-state index in [0.29, 0.717) is 0 Å². The van der Waals surface area contributed by atoms with Crippen LogP contribution in [-0.4, -0.2) is 9.13 Å². The van der Waals surface area contributed by atoms with Crippen LogP contribution in [0.2, 0.25) is 0 Å². The van der Waals surface area contributed by atoms with Gasteiger partial charge in [0.15, 0.2) is 14.3 Å². The lowest BCUT2D eigenvalue weighted by Gasteiger charge is -2.20. The van der Waals surface area contributed by atoms with Crippen LogP contribution in [0.1, 0.15) is 0 Å². The molecule has 60 heavy (non-hydrogen) atoms. The summed E-state index contributed by atoms with van der Waals surface area (Å²) in [6.07, 6.45) is 0. The number of fused-ring (bicyclic) bond motifs is 7. The van der Waals surface area contributed by atoms with E-state index in [4.69, 9.17) is 0 Å². The molecule has 0 spiro atoms. The Balaban J connectivity index is 1.11. The number of hydrogen-bond acceptors (Lipinski definition) is 2. The van der Waals surface area contributed by atoms with Crippen molar-refractivity contribution in [2.75, 3.05) is 0 Å². The molecule has 9 aromatic carbocycles. The summed E-state index contributed by atoms with van der Waals surface area (Å²) in [5.41, 5.74) is 6.34. The van der Waals surface area contributed by atoms with Crippen molar-refractivity contribution < 1.29 is 9.13 Å². The Morgan fingerprint density at radius 3 is 1.07 bits per heavy atom. The molecule has 0 aliphatic heterocycles. The molecular weight excluding hydrogens is 771 g/mol. The van der Waals surface area contributed by atoms with Gasteiger partial charge in [0.25, 0.3) is 0 Å². The first-order valence-corrected chi connectivity index (χ1v) is 23.6. The number of para-hydroxylation sites is 2. The average Bonchev–Trinajstić information content (AvgIpc) is 3.85. The van der Waals surface area contributed by atoms with E-state index in [1.165, 1.54) is 0 Å². The third-order valence-corrected chi connectivity index (χ3v) is 18.0. The van der Waals surface area contributed by atoms with Crippen molar-refractivity contribution in [2.45, 2.75) is 0 Å². The maximum Gasteiger partial charge on any atom is 0.171 e. The normalized spacial score (nSPS) is 12.1. The topological polar surface area (TPSA) is 44.0 Å². The summed E-state index contributed by atoms with van der Waals surface area (Å²) in [5.74, 6) is 0. The molecule has 0 atom stereocenters. The number of hydrogen-bond donors (Lipinski definition) is 0. The monoisotopic (exact) mass is 808 g/mol. The fourth-order valence-corrected chi connectivity index (χ4v) is 14.4. The molecule has 0 fully saturated rings. The number of benzene rings is 9. The molecule has 4 nitrogen and oxygen atoms in total. The maximum atomic E-state index is 15.3. The van der Waals surface area contributed by atoms with Gasteiger partial charge in [0.2, 0.25) is 0 Å². The van der Waals surface area contributed by atoms with E-state index in [2.05, 4.69) is 94.1 Å². The largest absolute Gasteiger partial charge is 0.309 e. The van der Waals surface area contributed by atoms with Crippen molar-refractivity contribution in [3.05, 3.63) is 231 Å². The summed E-state index contributed by atoms with van der Waals surface area (Å²) in [5, 5.41) is 9.43. The first-order valence-electron chi connectivity index (χ1n) is 20.1. The Labute approximate surface area is 348 Å². The Morgan fingerprint density at radius 1 is 0.267 bits per heavy atom. The third kappa shape index (κ3) is 5.53. The van der Waals surface area contributed by atoms with Crippen LogP contribution in [0.15, 0.2) is 231 Å². The number of rotatable bonds is 8. The van der Waals surface area contributed by atoms with Gasteiger partial charge in [-0.2, -0.15) is 0 Å². The predicted octanol–water partition coefficient (Wildman–Crippen LogP) is 11.2. The van der Waals surface area contributed by atoms with Gasteiger partial charge < -0.3 is 18.3 Å². The van der Waals surface area contributed by atoms with Crippen molar-refractivity contribution in [3.8, 4) is 11.4 Å². The van der Waals surface area contributed by atoms with Crippen LogP contribution in [0.5, 0.6) is 0 Å². The van der Waals surface area contributed by atoms with Crippen LogP contribution in [0.4, 0.5) is 0 Å². The molecule has 0 aliphatic rings. The molecule has 0 radical (unpaired) electrons. The van der Waals surface area contributed by atoms with E-state index in [-0.39, 0.29) is 0 Å². The average molecular weight is 809 g/mol. The maximum absolute atomic E-state index is 15.3. The first kappa shape index (κ1) is 36.1. The zero-order valence-electron chi connectivity index (χ0n) is 32.5. The smallest absolute Gasteiger partial charge is 0.171 e. The van der Waals surface area contributed by atoms with Gasteiger partial charge in [-0.1, -0.05) is 164 Å². The van der Waals surface area contributed by atoms with E-state index < -0.39 is 14.3 Å². The minimum atomic E-state index is -3.15. The standard InChI is InChI=1S/C54H38N2O2P2/c57-59(41-17-5-1-6-18-41,42-19-7-2-8-20-42)45-33-29-39(30-34-45)55-51-28-16-14-26-49(51)53-52(55)38-37-48-47-25-13-15-27-50(47)56(54(48)53)40-31-35-46(36-32-40)60(58,43-21-9-3-10-22-43)44-23-11-4-12-24-44/h1-38H. The second-order valence-electron chi connectivity index (χ2n) is 15.2. The first-order chi connectivity index (χ1) is 29.5. The lowest BCUT2D eigenvalue weighted by atomic mass is 10.1. The molecule has 286 valence electrons. The van der Waals surface area contributed by atoms with Gasteiger partial charge >= 0.3 is 0 Å². The van der Waals surface area contributed by atoms with E-state index in [9.17, 15) is 0 Å².